The van der Waals surface area contributed by atoms with Crippen LogP contribution in [0.3, 0.4) is 0 Å². The van der Waals surface area contributed by atoms with Gasteiger partial charge in [-0.3, -0.25) is 9.78 Å². The molecule has 1 unspecified atom stereocenters. The van der Waals surface area contributed by atoms with Crippen LogP contribution >= 0.6 is 0 Å². The van der Waals surface area contributed by atoms with E-state index in [1.165, 1.54) is 12.3 Å². The SMILES string of the molecule is Cc1ccc(-c2cc(C(=O)NCC(F)(F)F)cc(C(O)C(F)(F)F)c2)nc1. The molecule has 2 rings (SSSR count). The first-order valence-electron chi connectivity index (χ1n) is 7.54. The molecule has 0 saturated carbocycles. The Balaban J connectivity index is 2.47. The summed E-state index contributed by atoms with van der Waals surface area (Å²) in [6.45, 7) is 0.0899. The van der Waals surface area contributed by atoms with E-state index in [1.54, 1.807) is 18.3 Å². The topological polar surface area (TPSA) is 62.2 Å². The number of rotatable bonds is 4. The Bertz CT molecular complexity index is 816. The number of alkyl halides is 6. The fraction of sp³-hybridized carbons (Fsp3) is 0.294. The lowest BCUT2D eigenvalue weighted by molar-refractivity contribution is -0.206. The number of halogens is 6. The summed E-state index contributed by atoms with van der Waals surface area (Å²) in [4.78, 5) is 16.0. The number of hydrogen-bond acceptors (Lipinski definition) is 3. The third kappa shape index (κ3) is 5.68. The summed E-state index contributed by atoms with van der Waals surface area (Å²) in [5.74, 6) is -1.23. The highest BCUT2D eigenvalue weighted by Crippen LogP contribution is 2.34. The molecule has 0 spiro atoms. The van der Waals surface area contributed by atoms with Crippen LogP contribution in [0.2, 0.25) is 0 Å². The van der Waals surface area contributed by atoms with Gasteiger partial charge >= 0.3 is 12.4 Å². The molecule has 0 aliphatic carbocycles. The fourth-order valence-electron chi connectivity index (χ4n) is 2.20. The predicted molar refractivity (Wildman–Crippen MR) is 83.8 cm³/mol. The molecule has 27 heavy (non-hydrogen) atoms. The van der Waals surface area contributed by atoms with E-state index in [0.29, 0.717) is 6.07 Å². The molecule has 146 valence electrons. The van der Waals surface area contributed by atoms with Gasteiger partial charge in [0.1, 0.15) is 6.54 Å². The van der Waals surface area contributed by atoms with Crippen molar-refractivity contribution in [3.63, 3.8) is 0 Å². The lowest BCUT2D eigenvalue weighted by atomic mass is 9.99. The first-order valence-corrected chi connectivity index (χ1v) is 7.54. The number of aryl methyl sites for hydroxylation is 1. The zero-order valence-corrected chi connectivity index (χ0v) is 13.8. The second-order valence-electron chi connectivity index (χ2n) is 5.81. The summed E-state index contributed by atoms with van der Waals surface area (Å²) in [5.41, 5.74) is -0.125. The highest BCUT2D eigenvalue weighted by molar-refractivity contribution is 5.95. The van der Waals surface area contributed by atoms with Gasteiger partial charge < -0.3 is 10.4 Å². The number of pyridine rings is 1. The van der Waals surface area contributed by atoms with E-state index in [1.807, 2.05) is 0 Å². The van der Waals surface area contributed by atoms with Crippen LogP contribution in [0.25, 0.3) is 11.3 Å². The molecular formula is C17H14F6N2O2. The Morgan fingerprint density at radius 2 is 1.81 bits per heavy atom. The third-order valence-electron chi connectivity index (χ3n) is 3.50. The number of nitrogens with one attached hydrogen (secondary N) is 1. The maximum Gasteiger partial charge on any atom is 0.418 e. The minimum Gasteiger partial charge on any atom is -0.379 e. The van der Waals surface area contributed by atoms with Crippen LogP contribution in [0.15, 0.2) is 36.5 Å². The Kier molecular flexibility index (Phi) is 5.79. The molecule has 0 aliphatic heterocycles. The van der Waals surface area contributed by atoms with Crippen molar-refractivity contribution in [2.24, 2.45) is 0 Å². The molecule has 0 saturated heterocycles. The van der Waals surface area contributed by atoms with Crippen molar-refractivity contribution in [3.8, 4) is 11.3 Å². The summed E-state index contributed by atoms with van der Waals surface area (Å²) in [5, 5.41) is 11.1. The van der Waals surface area contributed by atoms with E-state index in [0.717, 1.165) is 17.7 Å². The Morgan fingerprint density at radius 1 is 1.15 bits per heavy atom. The Morgan fingerprint density at radius 3 is 2.33 bits per heavy atom. The highest BCUT2D eigenvalue weighted by atomic mass is 19.4. The van der Waals surface area contributed by atoms with Gasteiger partial charge in [0.2, 0.25) is 0 Å². The van der Waals surface area contributed by atoms with E-state index in [9.17, 15) is 36.2 Å². The number of aromatic nitrogens is 1. The molecule has 1 aromatic heterocycles. The maximum atomic E-state index is 12.8. The predicted octanol–water partition coefficient (Wildman–Crippen LogP) is 3.94. The lowest BCUT2D eigenvalue weighted by Gasteiger charge is -2.17. The Hall–Kier alpha value is -2.62. The van der Waals surface area contributed by atoms with Gasteiger partial charge in [-0.2, -0.15) is 26.3 Å². The van der Waals surface area contributed by atoms with Crippen molar-refractivity contribution >= 4 is 5.91 Å². The summed E-state index contributed by atoms with van der Waals surface area (Å²) in [6, 6.07) is 5.89. The third-order valence-corrected chi connectivity index (χ3v) is 3.50. The van der Waals surface area contributed by atoms with Crippen molar-refractivity contribution in [1.29, 1.82) is 0 Å². The zero-order chi connectivity index (χ0) is 20.4. The summed E-state index contributed by atoms with van der Waals surface area (Å²) in [7, 11) is 0. The van der Waals surface area contributed by atoms with Gasteiger partial charge in [0, 0.05) is 17.3 Å². The van der Waals surface area contributed by atoms with Crippen molar-refractivity contribution < 1.29 is 36.2 Å². The van der Waals surface area contributed by atoms with Crippen LogP contribution in [-0.2, 0) is 0 Å². The number of aliphatic hydroxyl groups excluding tert-OH is 1. The van der Waals surface area contributed by atoms with Gasteiger partial charge in [-0.15, -0.1) is 0 Å². The number of benzene rings is 1. The molecule has 2 aromatic rings. The Labute approximate surface area is 149 Å². The molecule has 0 radical (unpaired) electrons. The number of nitrogens with zero attached hydrogens (tertiary/aromatic N) is 1. The summed E-state index contributed by atoms with van der Waals surface area (Å²) < 4.78 is 75.3. The van der Waals surface area contributed by atoms with Gasteiger partial charge in [-0.05, 0) is 42.3 Å². The maximum absolute atomic E-state index is 12.8. The number of aliphatic hydroxyl groups is 1. The molecule has 4 nitrogen and oxygen atoms in total. The summed E-state index contributed by atoms with van der Waals surface area (Å²) in [6.07, 6.45) is -11.2. The van der Waals surface area contributed by atoms with Gasteiger partial charge in [-0.25, -0.2) is 0 Å². The quantitative estimate of drug-likeness (QED) is 0.775. The normalized spacial score (nSPS) is 13.3. The van der Waals surface area contributed by atoms with Crippen LogP contribution in [-0.4, -0.2) is 34.9 Å². The molecule has 0 bridgehead atoms. The monoisotopic (exact) mass is 392 g/mol. The first-order chi connectivity index (χ1) is 12.4. The van der Waals surface area contributed by atoms with Crippen LogP contribution in [0.4, 0.5) is 26.3 Å². The molecule has 1 amide bonds. The number of carbonyl (C=O) groups is 1. The zero-order valence-electron chi connectivity index (χ0n) is 13.8. The smallest absolute Gasteiger partial charge is 0.379 e. The van der Waals surface area contributed by atoms with Crippen molar-refractivity contribution in [3.05, 3.63) is 53.2 Å². The van der Waals surface area contributed by atoms with Gasteiger partial charge in [0.15, 0.2) is 6.10 Å². The number of amides is 1. The molecule has 1 aromatic carbocycles. The number of hydrogen-bond donors (Lipinski definition) is 2. The first kappa shape index (κ1) is 20.7. The van der Waals surface area contributed by atoms with Crippen LogP contribution in [0.1, 0.15) is 27.6 Å². The van der Waals surface area contributed by atoms with E-state index in [-0.39, 0.29) is 11.3 Å². The summed E-state index contributed by atoms with van der Waals surface area (Å²) >= 11 is 0. The van der Waals surface area contributed by atoms with Crippen molar-refractivity contribution in [1.82, 2.24) is 10.3 Å². The van der Waals surface area contributed by atoms with Gasteiger partial charge in [0.05, 0.1) is 5.69 Å². The average molecular weight is 392 g/mol. The highest BCUT2D eigenvalue weighted by Gasteiger charge is 2.40. The van der Waals surface area contributed by atoms with Crippen LogP contribution in [0.5, 0.6) is 0 Å². The minimum absolute atomic E-state index is 0.0490. The van der Waals surface area contributed by atoms with E-state index in [4.69, 9.17) is 0 Å². The molecule has 1 heterocycles. The van der Waals surface area contributed by atoms with E-state index in [2.05, 4.69) is 4.98 Å². The van der Waals surface area contributed by atoms with Gasteiger partial charge in [0.25, 0.3) is 5.91 Å². The lowest BCUT2D eigenvalue weighted by Crippen LogP contribution is -2.33. The molecular weight excluding hydrogens is 378 g/mol. The second kappa shape index (κ2) is 7.55. The minimum atomic E-state index is -5.01. The molecule has 0 fully saturated rings. The van der Waals surface area contributed by atoms with Crippen LogP contribution < -0.4 is 5.32 Å². The number of carbonyl (C=O) groups excluding carboxylic acids is 1. The fourth-order valence-corrected chi connectivity index (χ4v) is 2.20. The molecule has 0 aliphatic rings. The largest absolute Gasteiger partial charge is 0.418 e. The van der Waals surface area contributed by atoms with Crippen molar-refractivity contribution in [2.75, 3.05) is 6.54 Å². The van der Waals surface area contributed by atoms with Crippen LogP contribution in [0, 0.1) is 6.92 Å². The van der Waals surface area contributed by atoms with E-state index < -0.39 is 42.0 Å². The average Bonchev–Trinajstić information content (AvgIpc) is 2.57. The standard InChI is InChI=1S/C17H14F6N2O2/c1-9-2-3-13(24-7-9)10-4-11(14(26)17(21,22)23)6-12(5-10)15(27)25-8-16(18,19)20/h2-7,14,26H,8H2,1H3,(H,25,27). The van der Waals surface area contributed by atoms with Crippen molar-refractivity contribution in [2.45, 2.75) is 25.4 Å². The van der Waals surface area contributed by atoms with Gasteiger partial charge in [-0.1, -0.05) is 6.07 Å². The second-order valence-corrected chi connectivity index (χ2v) is 5.81. The molecule has 10 heteroatoms. The molecule has 2 N–H and O–H groups in total. The van der Waals surface area contributed by atoms with E-state index >= 15 is 0 Å². The molecule has 1 atom stereocenters.